The molecule has 0 atom stereocenters. The quantitative estimate of drug-likeness (QED) is 0.724. The molecule has 17 heavy (non-hydrogen) atoms. The van der Waals surface area contributed by atoms with Gasteiger partial charge in [0.25, 0.3) is 0 Å². The fourth-order valence-electron chi connectivity index (χ4n) is 2.13. The van der Waals surface area contributed by atoms with Crippen molar-refractivity contribution in [3.8, 4) is 11.3 Å². The zero-order chi connectivity index (χ0) is 11.8. The number of hydrogen-bond donors (Lipinski definition) is 2. The molecule has 0 amide bonds. The highest BCUT2D eigenvalue weighted by Gasteiger charge is 2.14. The summed E-state index contributed by atoms with van der Waals surface area (Å²) in [5, 5.41) is 10.6. The van der Waals surface area contributed by atoms with Gasteiger partial charge in [-0.15, -0.1) is 11.3 Å². The van der Waals surface area contributed by atoms with Crippen LogP contribution in [0, 0.1) is 0 Å². The van der Waals surface area contributed by atoms with E-state index >= 15 is 0 Å². The second-order valence-corrected chi connectivity index (χ2v) is 4.87. The summed E-state index contributed by atoms with van der Waals surface area (Å²) >= 11 is 1.75. The van der Waals surface area contributed by atoms with Crippen LogP contribution in [0.25, 0.3) is 21.3 Å². The van der Waals surface area contributed by atoms with Gasteiger partial charge in [0.05, 0.1) is 5.69 Å². The molecule has 3 rings (SSSR count). The van der Waals surface area contributed by atoms with Gasteiger partial charge in [-0.05, 0) is 12.5 Å². The average Bonchev–Trinajstić information content (AvgIpc) is 2.92. The Labute approximate surface area is 103 Å². The van der Waals surface area contributed by atoms with Gasteiger partial charge in [-0.3, -0.25) is 5.10 Å². The first-order chi connectivity index (χ1) is 8.31. The second kappa shape index (κ2) is 3.89. The van der Waals surface area contributed by atoms with Gasteiger partial charge >= 0.3 is 0 Å². The van der Waals surface area contributed by atoms with Gasteiger partial charge < -0.3 is 5.73 Å². The first kappa shape index (κ1) is 10.4. The van der Waals surface area contributed by atoms with E-state index in [4.69, 9.17) is 5.73 Å². The number of nitrogens with zero attached hydrogens (tertiary/aromatic N) is 1. The highest BCUT2D eigenvalue weighted by molar-refractivity contribution is 7.17. The average molecular weight is 243 g/mol. The molecule has 0 aliphatic rings. The van der Waals surface area contributed by atoms with Crippen molar-refractivity contribution in [3.63, 3.8) is 0 Å². The number of thiophene rings is 1. The molecule has 0 bridgehead atoms. The molecule has 86 valence electrons. The second-order valence-electron chi connectivity index (χ2n) is 3.96. The Hall–Kier alpha value is -1.81. The van der Waals surface area contributed by atoms with Crippen molar-refractivity contribution in [2.45, 2.75) is 13.3 Å². The van der Waals surface area contributed by atoms with Crippen LogP contribution >= 0.6 is 11.3 Å². The number of aromatic nitrogens is 2. The molecule has 0 spiro atoms. The normalized spacial score (nSPS) is 11.1. The van der Waals surface area contributed by atoms with Gasteiger partial charge in [-0.1, -0.05) is 25.1 Å². The first-order valence-corrected chi connectivity index (χ1v) is 6.48. The third-order valence-corrected chi connectivity index (χ3v) is 3.97. The molecule has 0 saturated carbocycles. The van der Waals surface area contributed by atoms with E-state index < -0.39 is 0 Å². The highest BCUT2D eigenvalue weighted by atomic mass is 32.1. The van der Waals surface area contributed by atoms with Gasteiger partial charge in [0, 0.05) is 26.6 Å². The maximum atomic E-state index is 5.86. The summed E-state index contributed by atoms with van der Waals surface area (Å²) in [7, 11) is 0. The van der Waals surface area contributed by atoms with Gasteiger partial charge in [-0.25, -0.2) is 0 Å². The van der Waals surface area contributed by atoms with Crippen LogP contribution in [0.1, 0.15) is 12.5 Å². The molecule has 1 aromatic carbocycles. The number of hydrogen-bond acceptors (Lipinski definition) is 3. The number of benzene rings is 1. The SMILES string of the molecule is CCc1c(N)n[nH]c1-c1csc2ccccc12. The Morgan fingerprint density at radius 2 is 2.18 bits per heavy atom. The number of aromatic amines is 1. The summed E-state index contributed by atoms with van der Waals surface area (Å²) in [6.45, 7) is 2.10. The molecule has 0 saturated heterocycles. The minimum atomic E-state index is 0.609. The number of nitrogens with one attached hydrogen (secondary N) is 1. The van der Waals surface area contributed by atoms with Crippen molar-refractivity contribution >= 4 is 27.2 Å². The standard InChI is InChI=1S/C13H13N3S/c1-2-8-12(15-16-13(8)14)10-7-17-11-6-4-3-5-9(10)11/h3-7H,2H2,1H3,(H3,14,15,16). The monoisotopic (exact) mass is 243 g/mol. The molecule has 2 aromatic heterocycles. The van der Waals surface area contributed by atoms with Crippen LogP contribution in [0.3, 0.4) is 0 Å². The van der Waals surface area contributed by atoms with Gasteiger partial charge in [0.2, 0.25) is 0 Å². The van der Waals surface area contributed by atoms with Crippen LogP contribution in [0.5, 0.6) is 0 Å². The zero-order valence-electron chi connectivity index (χ0n) is 9.53. The number of H-pyrrole nitrogens is 1. The van der Waals surface area contributed by atoms with Crippen molar-refractivity contribution in [2.24, 2.45) is 0 Å². The van der Waals surface area contributed by atoms with E-state index in [9.17, 15) is 0 Å². The number of nitrogens with two attached hydrogens (primary N) is 1. The maximum absolute atomic E-state index is 5.86. The third kappa shape index (κ3) is 1.52. The summed E-state index contributed by atoms with van der Waals surface area (Å²) in [4.78, 5) is 0. The maximum Gasteiger partial charge on any atom is 0.149 e. The van der Waals surface area contributed by atoms with Crippen LogP contribution in [0.2, 0.25) is 0 Å². The Balaban J connectivity index is 2.27. The largest absolute Gasteiger partial charge is 0.382 e. The number of rotatable bonds is 2. The van der Waals surface area contributed by atoms with E-state index in [0.29, 0.717) is 5.82 Å². The fourth-order valence-corrected chi connectivity index (χ4v) is 3.08. The summed E-state index contributed by atoms with van der Waals surface area (Å²) < 4.78 is 1.29. The molecular formula is C13H13N3S. The number of fused-ring (bicyclic) bond motifs is 1. The van der Waals surface area contributed by atoms with Crippen molar-refractivity contribution in [2.75, 3.05) is 5.73 Å². The lowest BCUT2D eigenvalue weighted by molar-refractivity contribution is 1.10. The lowest BCUT2D eigenvalue weighted by Crippen LogP contribution is -1.90. The molecule has 0 aliphatic heterocycles. The van der Waals surface area contributed by atoms with E-state index in [2.05, 4.69) is 46.8 Å². The molecule has 3 N–H and O–H groups in total. The van der Waals surface area contributed by atoms with Crippen LogP contribution in [0.4, 0.5) is 5.82 Å². The van der Waals surface area contributed by atoms with Crippen LogP contribution in [-0.2, 0) is 6.42 Å². The fraction of sp³-hybridized carbons (Fsp3) is 0.154. The molecule has 3 aromatic rings. The predicted molar refractivity (Wildman–Crippen MR) is 73.2 cm³/mol. The Bertz CT molecular complexity index is 666. The molecule has 4 heteroatoms. The van der Waals surface area contributed by atoms with Gasteiger partial charge in [0.1, 0.15) is 5.82 Å². The summed E-state index contributed by atoms with van der Waals surface area (Å²) in [5.41, 5.74) is 9.23. The van der Waals surface area contributed by atoms with E-state index in [1.54, 1.807) is 11.3 Å². The molecule has 0 aliphatic carbocycles. The molecule has 2 heterocycles. The lowest BCUT2D eigenvalue weighted by atomic mass is 10.1. The van der Waals surface area contributed by atoms with Crippen LogP contribution in [-0.4, -0.2) is 10.2 Å². The number of anilines is 1. The Kier molecular flexibility index (Phi) is 2.37. The van der Waals surface area contributed by atoms with Crippen molar-refractivity contribution in [1.82, 2.24) is 10.2 Å². The smallest absolute Gasteiger partial charge is 0.149 e. The zero-order valence-corrected chi connectivity index (χ0v) is 10.3. The molecule has 0 radical (unpaired) electrons. The summed E-state index contributed by atoms with van der Waals surface area (Å²) in [6.07, 6.45) is 0.891. The first-order valence-electron chi connectivity index (χ1n) is 5.60. The highest BCUT2D eigenvalue weighted by Crippen LogP contribution is 2.35. The Morgan fingerprint density at radius 1 is 1.35 bits per heavy atom. The topological polar surface area (TPSA) is 54.7 Å². The van der Waals surface area contributed by atoms with Crippen LogP contribution < -0.4 is 5.73 Å². The molecule has 0 fully saturated rings. The Morgan fingerprint density at radius 3 is 3.00 bits per heavy atom. The predicted octanol–water partition coefficient (Wildman–Crippen LogP) is 3.44. The molecular weight excluding hydrogens is 230 g/mol. The minimum absolute atomic E-state index is 0.609. The van der Waals surface area contributed by atoms with E-state index in [1.807, 2.05) is 0 Å². The summed E-state index contributed by atoms with van der Waals surface area (Å²) in [6, 6.07) is 8.39. The van der Waals surface area contributed by atoms with E-state index in [0.717, 1.165) is 17.7 Å². The molecule has 3 nitrogen and oxygen atoms in total. The van der Waals surface area contributed by atoms with Crippen molar-refractivity contribution in [3.05, 3.63) is 35.2 Å². The van der Waals surface area contributed by atoms with Gasteiger partial charge in [0.15, 0.2) is 0 Å². The third-order valence-electron chi connectivity index (χ3n) is 3.00. The van der Waals surface area contributed by atoms with Gasteiger partial charge in [-0.2, -0.15) is 5.10 Å². The van der Waals surface area contributed by atoms with Crippen LogP contribution in [0.15, 0.2) is 29.6 Å². The minimum Gasteiger partial charge on any atom is -0.382 e. The number of nitrogen functional groups attached to an aromatic ring is 1. The molecule has 0 unspecified atom stereocenters. The van der Waals surface area contributed by atoms with E-state index in [-0.39, 0.29) is 0 Å². The summed E-state index contributed by atoms with van der Waals surface area (Å²) in [5.74, 6) is 0.609. The lowest BCUT2D eigenvalue weighted by Gasteiger charge is -2.00. The van der Waals surface area contributed by atoms with Crippen molar-refractivity contribution in [1.29, 1.82) is 0 Å². The van der Waals surface area contributed by atoms with Crippen molar-refractivity contribution < 1.29 is 0 Å². The van der Waals surface area contributed by atoms with E-state index in [1.165, 1.54) is 15.6 Å².